The number of esters is 1. The summed E-state index contributed by atoms with van der Waals surface area (Å²) in [5, 5.41) is 13.9. The zero-order chi connectivity index (χ0) is 26.7. The predicted molar refractivity (Wildman–Crippen MR) is 129 cm³/mol. The Labute approximate surface area is 213 Å². The Morgan fingerprint density at radius 1 is 0.973 bits per heavy atom. The number of nitro groups is 1. The lowest BCUT2D eigenvalue weighted by Gasteiger charge is -2.14. The second-order valence-corrected chi connectivity index (χ2v) is 8.18. The Morgan fingerprint density at radius 3 is 2.41 bits per heavy atom. The highest BCUT2D eigenvalue weighted by molar-refractivity contribution is 6.31. The van der Waals surface area contributed by atoms with Crippen LogP contribution in [0.25, 0.3) is 0 Å². The first kappa shape index (κ1) is 25.2. The molecule has 0 radical (unpaired) electrons. The number of carbonyl (C=O) groups excluding carboxylic acids is 5. The van der Waals surface area contributed by atoms with Gasteiger partial charge in [-0.15, -0.1) is 0 Å². The number of imide groups is 1. The molecule has 1 N–H and O–H groups in total. The third-order valence-corrected chi connectivity index (χ3v) is 5.60. The van der Waals surface area contributed by atoms with Gasteiger partial charge in [-0.1, -0.05) is 48.0 Å². The molecule has 0 bridgehead atoms. The summed E-state index contributed by atoms with van der Waals surface area (Å²) in [6.45, 7) is -1.64. The molecule has 37 heavy (non-hydrogen) atoms. The molecule has 0 fully saturated rings. The van der Waals surface area contributed by atoms with Crippen LogP contribution in [-0.2, 0) is 14.3 Å². The highest BCUT2D eigenvalue weighted by Gasteiger charge is 2.42. The number of hydrogen-bond donors (Lipinski definition) is 1. The number of nitro benzene ring substituents is 1. The van der Waals surface area contributed by atoms with Gasteiger partial charge in [-0.3, -0.25) is 39.0 Å². The van der Waals surface area contributed by atoms with Crippen molar-refractivity contribution in [1.29, 1.82) is 0 Å². The van der Waals surface area contributed by atoms with Crippen LogP contribution in [0.3, 0.4) is 0 Å². The first-order valence-electron chi connectivity index (χ1n) is 10.7. The third-order valence-electron chi connectivity index (χ3n) is 5.36. The average Bonchev–Trinajstić information content (AvgIpc) is 3.13. The van der Waals surface area contributed by atoms with Gasteiger partial charge in [0.15, 0.2) is 12.4 Å². The number of nitrogens with zero attached hydrogens (tertiary/aromatic N) is 2. The minimum Gasteiger partial charge on any atom is -0.454 e. The number of fused-ring (bicyclic) bond motifs is 1. The normalized spacial score (nSPS) is 12.2. The van der Waals surface area contributed by atoms with Gasteiger partial charge < -0.3 is 10.1 Å². The first-order valence-corrected chi connectivity index (χ1v) is 11.0. The lowest BCUT2D eigenvalue weighted by molar-refractivity contribution is -0.385. The molecule has 3 amide bonds. The van der Waals surface area contributed by atoms with Crippen molar-refractivity contribution in [3.05, 3.63) is 104 Å². The van der Waals surface area contributed by atoms with Gasteiger partial charge in [0.2, 0.25) is 0 Å². The van der Waals surface area contributed by atoms with Crippen molar-refractivity contribution >= 4 is 52.4 Å². The van der Waals surface area contributed by atoms with E-state index >= 15 is 0 Å². The Bertz CT molecular complexity index is 1470. The van der Waals surface area contributed by atoms with E-state index in [2.05, 4.69) is 5.32 Å². The van der Waals surface area contributed by atoms with Gasteiger partial charge in [-0.05, 0) is 24.3 Å². The molecule has 1 aliphatic rings. The molecule has 1 heterocycles. The quantitative estimate of drug-likeness (QED) is 0.156. The van der Waals surface area contributed by atoms with Crippen molar-refractivity contribution in [2.45, 2.75) is 0 Å². The summed E-state index contributed by atoms with van der Waals surface area (Å²) >= 11 is 6.02. The molecular formula is C25H16ClN3O8. The molecule has 0 aromatic heterocycles. The van der Waals surface area contributed by atoms with Crippen molar-refractivity contribution < 1.29 is 33.6 Å². The van der Waals surface area contributed by atoms with Crippen LogP contribution in [0.4, 0.5) is 11.4 Å². The van der Waals surface area contributed by atoms with Crippen LogP contribution < -0.4 is 5.32 Å². The number of anilines is 1. The van der Waals surface area contributed by atoms with Crippen molar-refractivity contribution in [1.82, 2.24) is 4.90 Å². The van der Waals surface area contributed by atoms with E-state index in [1.807, 2.05) is 0 Å². The molecule has 11 nitrogen and oxygen atoms in total. The molecule has 3 aromatic carbocycles. The Morgan fingerprint density at radius 2 is 1.70 bits per heavy atom. The fraction of sp³-hybridized carbons (Fsp3) is 0.0800. The maximum atomic E-state index is 12.9. The highest BCUT2D eigenvalue weighted by Crippen LogP contribution is 2.30. The topological polar surface area (TPSA) is 153 Å². The summed E-state index contributed by atoms with van der Waals surface area (Å²) in [6.07, 6.45) is 0. The highest BCUT2D eigenvalue weighted by atomic mass is 35.5. The number of ether oxygens (including phenoxy) is 1. The predicted octanol–water partition coefficient (Wildman–Crippen LogP) is 3.26. The second kappa shape index (κ2) is 10.4. The molecule has 0 saturated carbocycles. The summed E-state index contributed by atoms with van der Waals surface area (Å²) in [5.74, 6) is -4.19. The number of amides is 3. The van der Waals surface area contributed by atoms with E-state index < -0.39 is 58.8 Å². The summed E-state index contributed by atoms with van der Waals surface area (Å²) in [5.41, 5.74) is -0.565. The zero-order valence-corrected chi connectivity index (χ0v) is 19.6. The summed E-state index contributed by atoms with van der Waals surface area (Å²) in [6, 6.07) is 16.2. The number of halogens is 1. The number of hydrogen-bond acceptors (Lipinski definition) is 8. The van der Waals surface area contributed by atoms with Crippen LogP contribution >= 0.6 is 11.6 Å². The first-order chi connectivity index (χ1) is 17.7. The summed E-state index contributed by atoms with van der Waals surface area (Å²) in [4.78, 5) is 73.5. The van der Waals surface area contributed by atoms with Crippen molar-refractivity contribution in [2.75, 3.05) is 18.5 Å². The van der Waals surface area contributed by atoms with Crippen LogP contribution in [-0.4, -0.2) is 52.4 Å². The van der Waals surface area contributed by atoms with Crippen LogP contribution in [0.1, 0.15) is 36.6 Å². The Kier molecular flexibility index (Phi) is 7.07. The molecule has 0 saturated heterocycles. The zero-order valence-electron chi connectivity index (χ0n) is 18.8. The van der Waals surface area contributed by atoms with Crippen LogP contribution in [0.15, 0.2) is 66.7 Å². The number of rotatable bonds is 8. The Balaban J connectivity index is 1.40. The average molecular weight is 522 g/mol. The number of benzene rings is 3. The van der Waals surface area contributed by atoms with E-state index in [-0.39, 0.29) is 21.8 Å². The lowest BCUT2D eigenvalue weighted by Crippen LogP contribution is -2.36. The molecule has 0 aliphatic carbocycles. The maximum Gasteiger partial charge on any atom is 0.326 e. The Hall–Kier alpha value is -4.90. The molecule has 1 aliphatic heterocycles. The summed E-state index contributed by atoms with van der Waals surface area (Å²) < 4.78 is 4.88. The van der Waals surface area contributed by atoms with E-state index in [1.54, 1.807) is 30.3 Å². The third kappa shape index (κ3) is 5.21. The maximum absolute atomic E-state index is 12.9. The minimum absolute atomic E-state index is 0.117. The molecule has 186 valence electrons. The molecular weight excluding hydrogens is 506 g/mol. The second-order valence-electron chi connectivity index (χ2n) is 7.75. The lowest BCUT2D eigenvalue weighted by atomic mass is 10.0. The molecule has 4 rings (SSSR count). The van der Waals surface area contributed by atoms with E-state index in [0.717, 1.165) is 6.07 Å². The largest absolute Gasteiger partial charge is 0.454 e. The van der Waals surface area contributed by atoms with Crippen LogP contribution in [0.2, 0.25) is 5.02 Å². The number of ketones is 1. The fourth-order valence-corrected chi connectivity index (χ4v) is 3.85. The molecule has 0 unspecified atom stereocenters. The number of nitrogens with one attached hydrogen (secondary N) is 1. The van der Waals surface area contributed by atoms with Crippen LogP contribution in [0.5, 0.6) is 0 Å². The van der Waals surface area contributed by atoms with Gasteiger partial charge in [0.05, 0.1) is 16.2 Å². The smallest absolute Gasteiger partial charge is 0.326 e. The molecule has 3 aromatic rings. The molecule has 0 spiro atoms. The van der Waals surface area contributed by atoms with Crippen molar-refractivity contribution in [3.8, 4) is 0 Å². The number of carbonyl (C=O) groups is 5. The van der Waals surface area contributed by atoms with Gasteiger partial charge in [-0.2, -0.15) is 0 Å². The van der Waals surface area contributed by atoms with Crippen molar-refractivity contribution in [3.63, 3.8) is 0 Å². The van der Waals surface area contributed by atoms with E-state index in [1.165, 1.54) is 30.3 Å². The monoisotopic (exact) mass is 521 g/mol. The van der Waals surface area contributed by atoms with Gasteiger partial charge in [-0.25, -0.2) is 0 Å². The van der Waals surface area contributed by atoms with Gasteiger partial charge in [0.1, 0.15) is 12.1 Å². The van der Waals surface area contributed by atoms with E-state index in [9.17, 15) is 34.1 Å². The molecule has 0 atom stereocenters. The van der Waals surface area contributed by atoms with Gasteiger partial charge in [0, 0.05) is 22.2 Å². The van der Waals surface area contributed by atoms with E-state index in [4.69, 9.17) is 16.3 Å². The standard InChI is InChI=1S/C25H16ClN3O8/c26-15-9-10-18(17(11-15)23(32)14-5-2-1-3-6-14)27-20(30)13-37-21(31)12-28-24(33)16-7-4-8-19(29(35)36)22(16)25(28)34/h1-11H,12-13H2,(H,27,30). The SMILES string of the molecule is O=C(COC(=O)CN1C(=O)c2cccc([N+](=O)[O-])c2C1=O)Nc1ccc(Cl)cc1C(=O)c1ccccc1. The van der Waals surface area contributed by atoms with Crippen LogP contribution in [0, 0.1) is 10.1 Å². The van der Waals surface area contributed by atoms with E-state index in [0.29, 0.717) is 10.5 Å². The summed E-state index contributed by atoms with van der Waals surface area (Å²) in [7, 11) is 0. The van der Waals surface area contributed by atoms with Crippen molar-refractivity contribution in [2.24, 2.45) is 0 Å². The van der Waals surface area contributed by atoms with Gasteiger partial charge >= 0.3 is 5.97 Å². The molecule has 12 heteroatoms. The minimum atomic E-state index is -1.09. The van der Waals surface area contributed by atoms with Gasteiger partial charge in [0.25, 0.3) is 23.4 Å². The fourth-order valence-electron chi connectivity index (χ4n) is 3.68.